The fraction of sp³-hybridized carbons (Fsp3) is 0.222. The maximum atomic E-state index is 10.2. The van der Waals surface area contributed by atoms with Crippen molar-refractivity contribution in [2.75, 3.05) is 32.6 Å². The molecule has 4 rings (SSSR count). The smallest absolute Gasteiger partial charge is 0.162 e. The van der Waals surface area contributed by atoms with Gasteiger partial charge in [0.15, 0.2) is 11.5 Å². The number of nitrogens with zero attached hydrogens (tertiary/aromatic N) is 1. The third kappa shape index (κ3) is 6.68. The Morgan fingerprint density at radius 2 is 1.63 bits per heavy atom. The molecule has 7 nitrogen and oxygen atoms in total. The lowest BCUT2D eigenvalue weighted by Crippen LogP contribution is -2.17. The molecule has 0 radical (unpaired) electrons. The van der Waals surface area contributed by atoms with Crippen molar-refractivity contribution in [3.8, 4) is 28.7 Å². The number of fused-ring (bicyclic) bond motifs is 1. The topological polar surface area (TPSA) is 84.9 Å². The van der Waals surface area contributed by atoms with Crippen molar-refractivity contribution in [3.05, 3.63) is 78.5 Å². The maximum absolute atomic E-state index is 10.2. The molecular formula is C27H30ClN3O4. The van der Waals surface area contributed by atoms with Crippen LogP contribution in [0.25, 0.3) is 10.9 Å². The zero-order chi connectivity index (χ0) is 23.8. The van der Waals surface area contributed by atoms with Gasteiger partial charge in [-0.1, -0.05) is 12.1 Å². The van der Waals surface area contributed by atoms with Gasteiger partial charge in [0.25, 0.3) is 0 Å². The minimum atomic E-state index is 0. The van der Waals surface area contributed by atoms with E-state index in [1.54, 1.807) is 26.5 Å². The first kappa shape index (κ1) is 25.9. The predicted molar refractivity (Wildman–Crippen MR) is 142 cm³/mol. The number of benzene rings is 3. The van der Waals surface area contributed by atoms with Crippen LogP contribution in [0.15, 0.2) is 72.9 Å². The zero-order valence-electron chi connectivity index (χ0n) is 19.8. The van der Waals surface area contributed by atoms with E-state index < -0.39 is 0 Å². The highest BCUT2D eigenvalue weighted by Gasteiger charge is 2.07. The Kier molecular flexibility index (Phi) is 9.40. The molecule has 3 N–H and O–H groups in total. The Balaban J connectivity index is 0.00000342. The van der Waals surface area contributed by atoms with Gasteiger partial charge in [0.05, 0.1) is 19.7 Å². The number of halogens is 1. The minimum absolute atomic E-state index is 0. The van der Waals surface area contributed by atoms with Gasteiger partial charge in [0.2, 0.25) is 0 Å². The van der Waals surface area contributed by atoms with Crippen LogP contribution in [-0.2, 0) is 6.54 Å². The van der Waals surface area contributed by atoms with E-state index in [-0.39, 0.29) is 18.2 Å². The Hall–Kier alpha value is -3.68. The molecule has 3 aromatic carbocycles. The lowest BCUT2D eigenvalue weighted by atomic mass is 10.1. The minimum Gasteiger partial charge on any atom is -0.504 e. The summed E-state index contributed by atoms with van der Waals surface area (Å²) in [6.07, 6.45) is 2.72. The Morgan fingerprint density at radius 3 is 2.40 bits per heavy atom. The van der Waals surface area contributed by atoms with Gasteiger partial charge in [-0.05, 0) is 61.5 Å². The quantitative estimate of drug-likeness (QED) is 0.228. The fourth-order valence-electron chi connectivity index (χ4n) is 3.66. The highest BCUT2D eigenvalue weighted by atomic mass is 35.5. The second-order valence-electron chi connectivity index (χ2n) is 7.74. The highest BCUT2D eigenvalue weighted by molar-refractivity contribution is 5.91. The van der Waals surface area contributed by atoms with Crippen LogP contribution in [0.2, 0.25) is 0 Å². The standard InChI is InChI=1S/C27H29N3O4.ClH/c1-32-20-7-9-21(10-8-20)34-22-11-12-23-24(13-16-30-25(23)17-22)29-15-4-14-28-18-19-5-3-6-26(33-2)27(19)31;/h3,5-13,16-17,28,31H,4,14-15,18H2,1-2H3,(H,29,30);1H. The largest absolute Gasteiger partial charge is 0.504 e. The van der Waals surface area contributed by atoms with Crippen LogP contribution in [0.5, 0.6) is 28.7 Å². The molecule has 1 aromatic heterocycles. The highest BCUT2D eigenvalue weighted by Crippen LogP contribution is 2.30. The number of phenolic OH excluding ortho intramolecular Hbond substituents is 1. The van der Waals surface area contributed by atoms with E-state index in [1.807, 2.05) is 60.7 Å². The molecule has 184 valence electrons. The fourth-order valence-corrected chi connectivity index (χ4v) is 3.66. The molecule has 0 spiro atoms. The normalized spacial score (nSPS) is 10.5. The molecule has 0 aliphatic heterocycles. The van der Waals surface area contributed by atoms with Gasteiger partial charge in [0.1, 0.15) is 17.2 Å². The number of nitrogens with one attached hydrogen (secondary N) is 2. The second-order valence-corrected chi connectivity index (χ2v) is 7.74. The first-order valence-corrected chi connectivity index (χ1v) is 11.2. The Morgan fingerprint density at radius 1 is 0.857 bits per heavy atom. The van der Waals surface area contributed by atoms with Crippen LogP contribution in [-0.4, -0.2) is 37.4 Å². The summed E-state index contributed by atoms with van der Waals surface area (Å²) in [6, 6.07) is 20.9. The SMILES string of the molecule is COc1ccc(Oc2ccc3c(NCCCNCc4cccc(OC)c4O)ccnc3c2)cc1.Cl. The number of para-hydroxylation sites is 1. The van der Waals surface area contributed by atoms with Crippen molar-refractivity contribution in [2.24, 2.45) is 0 Å². The Labute approximate surface area is 211 Å². The van der Waals surface area contributed by atoms with Gasteiger partial charge >= 0.3 is 0 Å². The van der Waals surface area contributed by atoms with Crippen LogP contribution in [0.4, 0.5) is 5.69 Å². The molecule has 0 saturated carbocycles. The molecule has 4 aromatic rings. The number of methoxy groups -OCH3 is 2. The number of aromatic hydroxyl groups is 1. The van der Waals surface area contributed by atoms with Crippen molar-refractivity contribution >= 4 is 29.0 Å². The van der Waals surface area contributed by atoms with Crippen LogP contribution in [0, 0.1) is 0 Å². The average molecular weight is 496 g/mol. The number of rotatable bonds is 11. The number of hydrogen-bond donors (Lipinski definition) is 3. The summed E-state index contributed by atoms with van der Waals surface area (Å²) in [5, 5.41) is 18.1. The van der Waals surface area contributed by atoms with E-state index in [1.165, 1.54) is 0 Å². The van der Waals surface area contributed by atoms with E-state index in [2.05, 4.69) is 15.6 Å². The van der Waals surface area contributed by atoms with E-state index in [0.29, 0.717) is 12.3 Å². The summed E-state index contributed by atoms with van der Waals surface area (Å²) in [5.74, 6) is 2.94. The lowest BCUT2D eigenvalue weighted by Gasteiger charge is -2.12. The van der Waals surface area contributed by atoms with E-state index in [4.69, 9.17) is 14.2 Å². The molecule has 0 amide bonds. The van der Waals surface area contributed by atoms with Gasteiger partial charge in [-0.2, -0.15) is 0 Å². The third-order valence-electron chi connectivity index (χ3n) is 5.47. The van der Waals surface area contributed by atoms with Gasteiger partial charge in [-0.15, -0.1) is 12.4 Å². The molecule has 0 fully saturated rings. The summed E-state index contributed by atoms with van der Waals surface area (Å²) in [5.41, 5.74) is 2.72. The van der Waals surface area contributed by atoms with Gasteiger partial charge in [0, 0.05) is 42.0 Å². The molecule has 0 saturated heterocycles. The predicted octanol–water partition coefficient (Wildman–Crippen LogP) is 5.76. The van der Waals surface area contributed by atoms with Crippen molar-refractivity contribution in [2.45, 2.75) is 13.0 Å². The number of hydrogen-bond acceptors (Lipinski definition) is 7. The summed E-state index contributed by atoms with van der Waals surface area (Å²) in [4.78, 5) is 4.50. The summed E-state index contributed by atoms with van der Waals surface area (Å²) in [6.45, 7) is 2.20. The van der Waals surface area contributed by atoms with Crippen molar-refractivity contribution in [3.63, 3.8) is 0 Å². The molecule has 0 unspecified atom stereocenters. The molecule has 0 bridgehead atoms. The third-order valence-corrected chi connectivity index (χ3v) is 5.47. The van der Waals surface area contributed by atoms with Gasteiger partial charge in [-0.25, -0.2) is 0 Å². The molecular weight excluding hydrogens is 466 g/mol. The number of phenols is 1. The van der Waals surface area contributed by atoms with E-state index in [9.17, 15) is 5.11 Å². The molecule has 0 aliphatic rings. The monoisotopic (exact) mass is 495 g/mol. The first-order chi connectivity index (χ1) is 16.7. The molecule has 1 heterocycles. The van der Waals surface area contributed by atoms with Crippen LogP contribution in [0.3, 0.4) is 0 Å². The lowest BCUT2D eigenvalue weighted by molar-refractivity contribution is 0.369. The van der Waals surface area contributed by atoms with Crippen LogP contribution in [0.1, 0.15) is 12.0 Å². The van der Waals surface area contributed by atoms with Gasteiger partial charge in [-0.3, -0.25) is 4.98 Å². The zero-order valence-corrected chi connectivity index (χ0v) is 20.6. The average Bonchev–Trinajstić information content (AvgIpc) is 2.87. The molecule has 0 atom stereocenters. The molecule has 8 heteroatoms. The van der Waals surface area contributed by atoms with Gasteiger partial charge < -0.3 is 30.0 Å². The number of pyridine rings is 1. The maximum Gasteiger partial charge on any atom is 0.162 e. The van der Waals surface area contributed by atoms with Crippen molar-refractivity contribution < 1.29 is 19.3 Å². The first-order valence-electron chi connectivity index (χ1n) is 11.2. The number of aromatic nitrogens is 1. The van der Waals surface area contributed by atoms with Crippen LogP contribution < -0.4 is 24.8 Å². The second kappa shape index (κ2) is 12.7. The van der Waals surface area contributed by atoms with E-state index >= 15 is 0 Å². The summed E-state index contributed by atoms with van der Waals surface area (Å²) in [7, 11) is 3.19. The number of ether oxygens (including phenoxy) is 3. The Bertz CT molecular complexity index is 1240. The summed E-state index contributed by atoms with van der Waals surface area (Å²) >= 11 is 0. The molecule has 0 aliphatic carbocycles. The number of anilines is 1. The van der Waals surface area contributed by atoms with Crippen LogP contribution >= 0.6 is 12.4 Å². The van der Waals surface area contributed by atoms with E-state index in [0.717, 1.165) is 58.9 Å². The van der Waals surface area contributed by atoms with Crippen molar-refractivity contribution in [1.82, 2.24) is 10.3 Å². The molecule has 35 heavy (non-hydrogen) atoms. The summed E-state index contributed by atoms with van der Waals surface area (Å²) < 4.78 is 16.3. The van der Waals surface area contributed by atoms with Crippen molar-refractivity contribution in [1.29, 1.82) is 0 Å².